The largest absolute Gasteiger partial charge is 0.579 e. The van der Waals surface area contributed by atoms with E-state index in [9.17, 15) is 0 Å². The molecule has 9 rings (SSSR count). The van der Waals surface area contributed by atoms with Gasteiger partial charge in [0.05, 0.1) is 6.34 Å². The molecule has 3 aromatic heterocycles. The molecular formula is C43H34N5O2Pt-3. The molecule has 0 bridgehead atoms. The molecule has 1 unspecified atom stereocenters. The number of anilines is 1. The number of nitrogens with zero attached hydrogens (tertiary/aromatic N) is 5. The summed E-state index contributed by atoms with van der Waals surface area (Å²) in [5.74, 6) is 1.94. The third kappa shape index (κ3) is 5.48. The zero-order valence-corrected chi connectivity index (χ0v) is 31.1. The Morgan fingerprint density at radius 1 is 0.784 bits per heavy atom. The van der Waals surface area contributed by atoms with Crippen LogP contribution in [0.3, 0.4) is 0 Å². The second-order valence-electron chi connectivity index (χ2n) is 13.9. The van der Waals surface area contributed by atoms with Crippen molar-refractivity contribution >= 4 is 55.8 Å². The molecule has 0 radical (unpaired) electrons. The van der Waals surface area contributed by atoms with Crippen LogP contribution in [0.4, 0.5) is 5.69 Å². The number of hydrogen-bond donors (Lipinski definition) is 0. The number of aryl methyl sites for hydroxylation is 2. The number of fused-ring (bicyclic) bond motifs is 6. The number of furan rings is 1. The first-order valence-corrected chi connectivity index (χ1v) is 16.8. The van der Waals surface area contributed by atoms with E-state index in [1.165, 1.54) is 5.56 Å². The number of hydrogen-bond acceptors (Lipinski definition) is 5. The van der Waals surface area contributed by atoms with Crippen LogP contribution in [-0.2, 0) is 26.5 Å². The molecule has 4 heterocycles. The maximum absolute atomic E-state index is 6.68. The van der Waals surface area contributed by atoms with E-state index in [4.69, 9.17) is 14.1 Å². The van der Waals surface area contributed by atoms with Crippen LogP contribution in [0.25, 0.3) is 55.0 Å². The van der Waals surface area contributed by atoms with Crippen molar-refractivity contribution in [1.82, 2.24) is 9.55 Å². The molecular weight excluding hydrogens is 814 g/mol. The molecule has 0 spiro atoms. The van der Waals surface area contributed by atoms with Crippen molar-refractivity contribution in [1.29, 1.82) is 0 Å². The van der Waals surface area contributed by atoms with E-state index in [0.717, 1.165) is 66.4 Å². The van der Waals surface area contributed by atoms with Crippen LogP contribution in [0.2, 0.25) is 0 Å². The number of benzene rings is 5. The minimum Gasteiger partial charge on any atom is -0.579 e. The molecule has 0 saturated carbocycles. The van der Waals surface area contributed by atoms with Gasteiger partial charge in [-0.3, -0.25) is 0 Å². The third-order valence-corrected chi connectivity index (χ3v) is 9.60. The Labute approximate surface area is 310 Å². The molecule has 5 aromatic carbocycles. The fourth-order valence-electron chi connectivity index (χ4n) is 7.16. The number of ether oxygens (including phenoxy) is 1. The van der Waals surface area contributed by atoms with Crippen molar-refractivity contribution in [3.05, 3.63) is 143 Å². The standard InChI is InChI=1S/C43H34N5O2.Pt/c1-26-11-10-12-27(2)40(26)47-25-45-46-42(47)35-23-30(22-34-33-14-7-9-16-38(33)50-41(34)35)49-29-17-18-32-31-13-6-8-15-36(31)48(37(32)24-29)39-21-28(19-20-44-39)43(3,4)5;/h6-22,25,42H,1-5H3;/q-3;. The molecule has 0 amide bonds. The van der Waals surface area contributed by atoms with Gasteiger partial charge in [0.15, 0.2) is 0 Å². The second-order valence-corrected chi connectivity index (χ2v) is 13.9. The summed E-state index contributed by atoms with van der Waals surface area (Å²) in [6.45, 7) is 10.9. The fraction of sp³-hybridized carbons (Fsp3) is 0.163. The molecule has 256 valence electrons. The van der Waals surface area contributed by atoms with Crippen molar-refractivity contribution in [3.63, 3.8) is 0 Å². The second kappa shape index (κ2) is 12.4. The molecule has 51 heavy (non-hydrogen) atoms. The summed E-state index contributed by atoms with van der Waals surface area (Å²) in [6, 6.07) is 40.2. The van der Waals surface area contributed by atoms with Gasteiger partial charge in [-0.1, -0.05) is 86.3 Å². The number of para-hydroxylation sites is 3. The number of aromatic nitrogens is 2. The van der Waals surface area contributed by atoms with E-state index < -0.39 is 6.17 Å². The first kappa shape index (κ1) is 32.8. The van der Waals surface area contributed by atoms with Gasteiger partial charge < -0.3 is 29.1 Å². The van der Waals surface area contributed by atoms with Gasteiger partial charge in [-0.15, -0.1) is 35.2 Å². The average Bonchev–Trinajstić information content (AvgIpc) is 3.82. The Balaban J connectivity index is 0.00000374. The van der Waals surface area contributed by atoms with Gasteiger partial charge >= 0.3 is 0 Å². The summed E-state index contributed by atoms with van der Waals surface area (Å²) in [5, 5.41) is 8.49. The molecule has 1 aliphatic heterocycles. The predicted molar refractivity (Wildman–Crippen MR) is 202 cm³/mol. The molecule has 7 nitrogen and oxygen atoms in total. The van der Waals surface area contributed by atoms with Crippen molar-refractivity contribution in [2.24, 2.45) is 5.10 Å². The first-order chi connectivity index (χ1) is 24.2. The van der Waals surface area contributed by atoms with Crippen molar-refractivity contribution < 1.29 is 30.2 Å². The predicted octanol–water partition coefficient (Wildman–Crippen LogP) is 11.2. The van der Waals surface area contributed by atoms with Crippen LogP contribution in [0.15, 0.2) is 113 Å². The van der Waals surface area contributed by atoms with E-state index in [0.29, 0.717) is 17.1 Å². The fourth-order valence-corrected chi connectivity index (χ4v) is 7.16. The van der Waals surface area contributed by atoms with E-state index in [1.807, 2.05) is 36.5 Å². The van der Waals surface area contributed by atoms with Crippen molar-refractivity contribution in [2.75, 3.05) is 4.90 Å². The molecule has 1 atom stereocenters. The van der Waals surface area contributed by atoms with Crippen LogP contribution in [0.1, 0.15) is 49.2 Å². The Kier molecular flexibility index (Phi) is 7.99. The minimum absolute atomic E-state index is 0. The van der Waals surface area contributed by atoms with E-state index in [2.05, 4.69) is 133 Å². The van der Waals surface area contributed by atoms with Gasteiger partial charge in [0, 0.05) is 60.9 Å². The molecule has 0 aliphatic carbocycles. The quantitative estimate of drug-likeness (QED) is 0.162. The molecule has 0 N–H and O–H groups in total. The van der Waals surface area contributed by atoms with Gasteiger partial charge in [-0.2, -0.15) is 6.07 Å². The van der Waals surface area contributed by atoms with Crippen LogP contribution in [0.5, 0.6) is 11.5 Å². The zero-order valence-electron chi connectivity index (χ0n) is 28.8. The van der Waals surface area contributed by atoms with Crippen LogP contribution in [0, 0.1) is 26.0 Å². The van der Waals surface area contributed by atoms with Crippen molar-refractivity contribution in [3.8, 4) is 17.3 Å². The van der Waals surface area contributed by atoms with Crippen LogP contribution < -0.4 is 9.64 Å². The molecule has 1 aliphatic rings. The Bertz CT molecular complexity index is 2630. The normalized spacial score (nSPS) is 14.5. The monoisotopic (exact) mass is 847 g/mol. The summed E-state index contributed by atoms with van der Waals surface area (Å²) in [4.78, 5) is 6.91. The van der Waals surface area contributed by atoms with E-state index in [1.54, 1.807) is 6.34 Å². The SMILES string of the molecule is Cc1cccc(C)c1N1C=N[N-]C1c1[c-]c(Oc2[c-]c3c(cc2)c2ccccc2n3-c2cc(C(C)(C)C)ccn2)cc2c1oc1ccccc12.[Pt]. The van der Waals surface area contributed by atoms with Gasteiger partial charge in [0.25, 0.3) is 0 Å². The minimum atomic E-state index is -0.489. The Hall–Kier alpha value is -5.39. The molecule has 0 fully saturated rings. The molecule has 8 heteroatoms. The summed E-state index contributed by atoms with van der Waals surface area (Å²) in [5.41, 5.74) is 13.4. The maximum Gasteiger partial charge on any atom is 0.135 e. The zero-order chi connectivity index (χ0) is 34.1. The van der Waals surface area contributed by atoms with E-state index >= 15 is 0 Å². The van der Waals surface area contributed by atoms with Gasteiger partial charge in [-0.25, -0.2) is 4.98 Å². The van der Waals surface area contributed by atoms with Gasteiger partial charge in [0.2, 0.25) is 0 Å². The Morgan fingerprint density at radius 3 is 2.35 bits per heavy atom. The maximum atomic E-state index is 6.68. The smallest absolute Gasteiger partial charge is 0.135 e. The van der Waals surface area contributed by atoms with Gasteiger partial charge in [0.1, 0.15) is 11.4 Å². The van der Waals surface area contributed by atoms with Crippen molar-refractivity contribution in [2.45, 2.75) is 46.2 Å². The average molecular weight is 848 g/mol. The van der Waals surface area contributed by atoms with Gasteiger partial charge in [-0.05, 0) is 71.8 Å². The number of pyridine rings is 1. The summed E-state index contributed by atoms with van der Waals surface area (Å²) in [6.07, 6.45) is 3.17. The Morgan fingerprint density at radius 2 is 1.55 bits per heavy atom. The molecule has 0 saturated heterocycles. The third-order valence-electron chi connectivity index (χ3n) is 9.60. The number of rotatable bonds is 5. The summed E-state index contributed by atoms with van der Waals surface area (Å²) >= 11 is 0. The molecule has 8 aromatic rings. The summed E-state index contributed by atoms with van der Waals surface area (Å²) < 4.78 is 15.3. The van der Waals surface area contributed by atoms with E-state index in [-0.39, 0.29) is 26.5 Å². The summed E-state index contributed by atoms with van der Waals surface area (Å²) in [7, 11) is 0. The van der Waals surface area contributed by atoms with Crippen LogP contribution in [-0.4, -0.2) is 15.9 Å². The topological polar surface area (TPSA) is 69.9 Å². The van der Waals surface area contributed by atoms with Crippen LogP contribution >= 0.6 is 0 Å². The first-order valence-electron chi connectivity index (χ1n) is 16.8.